The molecule has 5 nitrogen and oxygen atoms in total. The summed E-state index contributed by atoms with van der Waals surface area (Å²) in [6.45, 7) is 3.77. The van der Waals surface area contributed by atoms with E-state index in [-0.39, 0.29) is 35.4 Å². The van der Waals surface area contributed by atoms with Gasteiger partial charge in [-0.05, 0) is 43.0 Å². The van der Waals surface area contributed by atoms with Gasteiger partial charge < -0.3 is 10.1 Å². The van der Waals surface area contributed by atoms with Crippen LogP contribution < -0.4 is 5.32 Å². The zero-order valence-corrected chi connectivity index (χ0v) is 15.6. The van der Waals surface area contributed by atoms with E-state index in [2.05, 4.69) is 21.2 Å². The van der Waals surface area contributed by atoms with Crippen LogP contribution in [0.1, 0.15) is 37.0 Å². The maximum absolute atomic E-state index is 12.8. The molecule has 130 valence electrons. The fourth-order valence-electron chi connectivity index (χ4n) is 2.90. The minimum absolute atomic E-state index is 0.0594. The van der Waals surface area contributed by atoms with Gasteiger partial charge in [-0.2, -0.15) is 0 Å². The van der Waals surface area contributed by atoms with Gasteiger partial charge in [0.25, 0.3) is 5.91 Å². The average molecular weight is 396 g/mol. The predicted octanol–water partition coefficient (Wildman–Crippen LogP) is 2.97. The Morgan fingerprint density at radius 3 is 2.17 bits per heavy atom. The van der Waals surface area contributed by atoms with Crippen molar-refractivity contribution in [1.82, 2.24) is 5.32 Å². The number of carbonyl (C=O) groups is 3. The molecule has 0 spiro atoms. The third kappa shape index (κ3) is 4.04. The van der Waals surface area contributed by atoms with Crippen molar-refractivity contribution < 1.29 is 19.1 Å². The Morgan fingerprint density at radius 2 is 1.71 bits per heavy atom. The molecule has 1 aromatic rings. The largest absolute Gasteiger partial charge is 0.469 e. The number of hydrogen-bond donors (Lipinski definition) is 1. The zero-order valence-electron chi connectivity index (χ0n) is 14.0. The van der Waals surface area contributed by atoms with Crippen molar-refractivity contribution in [3.8, 4) is 0 Å². The summed E-state index contributed by atoms with van der Waals surface area (Å²) < 4.78 is 5.63. The highest BCUT2D eigenvalue weighted by Gasteiger charge is 2.45. The highest BCUT2D eigenvalue weighted by molar-refractivity contribution is 9.10. The molecule has 1 unspecified atom stereocenters. The Bertz CT molecular complexity index is 626. The first-order valence-corrected chi connectivity index (χ1v) is 8.82. The summed E-state index contributed by atoms with van der Waals surface area (Å²) in [7, 11) is 1.33. The van der Waals surface area contributed by atoms with Crippen LogP contribution in [0.5, 0.6) is 0 Å². The first kappa shape index (κ1) is 18.6. The molecule has 0 saturated heterocycles. The number of halogens is 1. The Labute approximate surface area is 150 Å². The average Bonchev–Trinajstić information content (AvgIpc) is 2.51. The lowest BCUT2D eigenvalue weighted by molar-refractivity contribution is -0.155. The van der Waals surface area contributed by atoms with Crippen molar-refractivity contribution in [1.29, 1.82) is 0 Å². The van der Waals surface area contributed by atoms with E-state index >= 15 is 0 Å². The molecular formula is C18H22BrNO4. The van der Waals surface area contributed by atoms with Crippen LogP contribution in [0.25, 0.3) is 0 Å². The first-order chi connectivity index (χ1) is 11.3. The molecule has 0 heterocycles. The second-order valence-electron chi connectivity index (χ2n) is 6.42. The second-order valence-corrected chi connectivity index (χ2v) is 7.33. The highest BCUT2D eigenvalue weighted by Crippen LogP contribution is 2.37. The maximum atomic E-state index is 12.8. The smallest absolute Gasteiger partial charge is 0.309 e. The van der Waals surface area contributed by atoms with Gasteiger partial charge in [0.2, 0.25) is 0 Å². The van der Waals surface area contributed by atoms with Gasteiger partial charge in [0.05, 0.1) is 19.1 Å². The topological polar surface area (TPSA) is 72.5 Å². The maximum Gasteiger partial charge on any atom is 0.309 e. The van der Waals surface area contributed by atoms with Crippen LogP contribution in [0, 0.1) is 17.8 Å². The highest BCUT2D eigenvalue weighted by atomic mass is 79.9. The summed E-state index contributed by atoms with van der Waals surface area (Å²) in [5.41, 5.74) is 0.495. The third-order valence-corrected chi connectivity index (χ3v) is 5.04. The van der Waals surface area contributed by atoms with Gasteiger partial charge in [-0.3, -0.25) is 14.4 Å². The Morgan fingerprint density at radius 1 is 1.12 bits per heavy atom. The van der Waals surface area contributed by atoms with Gasteiger partial charge in [-0.25, -0.2) is 0 Å². The van der Waals surface area contributed by atoms with Crippen molar-refractivity contribution >= 4 is 33.6 Å². The number of rotatable bonds is 6. The minimum Gasteiger partial charge on any atom is -0.469 e. The summed E-state index contributed by atoms with van der Waals surface area (Å²) in [6.07, 6.45) is 1.32. The number of benzene rings is 1. The number of ketones is 1. The minimum atomic E-state index is -0.612. The molecular weight excluding hydrogens is 374 g/mol. The first-order valence-electron chi connectivity index (χ1n) is 8.03. The van der Waals surface area contributed by atoms with Gasteiger partial charge in [-0.1, -0.05) is 29.8 Å². The standard InChI is InChI=1S/C18H22BrNO4/c1-10(2)15(16(21)13-8-9-14(13)18(23)24-3)20-17(22)11-4-6-12(19)7-5-11/h4-7,10,13-15H,8-9H2,1-3H3,(H,20,22)/t13?,14-,15+/m1/s1. The second kappa shape index (κ2) is 7.92. The lowest BCUT2D eigenvalue weighted by Crippen LogP contribution is -2.51. The van der Waals surface area contributed by atoms with Crippen LogP contribution in [-0.4, -0.2) is 30.8 Å². The molecule has 0 aliphatic heterocycles. The molecule has 1 aromatic carbocycles. The molecule has 0 bridgehead atoms. The molecule has 1 aliphatic rings. The molecule has 1 amide bonds. The Hall–Kier alpha value is -1.69. The Kier molecular flexibility index (Phi) is 6.15. The van der Waals surface area contributed by atoms with Crippen LogP contribution in [0.4, 0.5) is 0 Å². The van der Waals surface area contributed by atoms with Gasteiger partial charge in [0.1, 0.15) is 0 Å². The predicted molar refractivity (Wildman–Crippen MR) is 93.5 cm³/mol. The lowest BCUT2D eigenvalue weighted by atomic mass is 9.69. The molecule has 24 heavy (non-hydrogen) atoms. The van der Waals surface area contributed by atoms with E-state index in [0.29, 0.717) is 18.4 Å². The van der Waals surface area contributed by atoms with E-state index < -0.39 is 6.04 Å². The number of carbonyl (C=O) groups excluding carboxylic acids is 3. The molecule has 0 radical (unpaired) electrons. The van der Waals surface area contributed by atoms with Crippen LogP contribution in [-0.2, 0) is 14.3 Å². The molecule has 1 N–H and O–H groups in total. The van der Waals surface area contributed by atoms with Crippen LogP contribution in [0.2, 0.25) is 0 Å². The fraction of sp³-hybridized carbons (Fsp3) is 0.500. The molecule has 1 fully saturated rings. The SMILES string of the molecule is COC(=O)[C@@H]1CCC1C(=O)[C@@H](NC(=O)c1ccc(Br)cc1)C(C)C. The monoisotopic (exact) mass is 395 g/mol. The lowest BCUT2D eigenvalue weighted by Gasteiger charge is -2.36. The molecule has 3 atom stereocenters. The van der Waals surface area contributed by atoms with E-state index in [1.165, 1.54) is 7.11 Å². The summed E-state index contributed by atoms with van der Waals surface area (Å²) in [5, 5.41) is 2.82. The normalized spacial score (nSPS) is 20.9. The molecule has 0 aromatic heterocycles. The van der Waals surface area contributed by atoms with Crippen LogP contribution in [0.15, 0.2) is 28.7 Å². The van der Waals surface area contributed by atoms with Crippen molar-refractivity contribution in [3.05, 3.63) is 34.3 Å². The van der Waals surface area contributed by atoms with Gasteiger partial charge >= 0.3 is 5.97 Å². The van der Waals surface area contributed by atoms with Gasteiger partial charge in [-0.15, -0.1) is 0 Å². The summed E-state index contributed by atoms with van der Waals surface area (Å²) in [6, 6.07) is 6.34. The van der Waals surface area contributed by atoms with E-state index in [9.17, 15) is 14.4 Å². The van der Waals surface area contributed by atoms with Crippen molar-refractivity contribution in [2.75, 3.05) is 7.11 Å². The van der Waals surface area contributed by atoms with Crippen molar-refractivity contribution in [2.45, 2.75) is 32.7 Å². The van der Waals surface area contributed by atoms with E-state index in [4.69, 9.17) is 4.74 Å². The number of Topliss-reactive ketones (excluding diaryl/α,β-unsaturated/α-hetero) is 1. The van der Waals surface area contributed by atoms with E-state index in [1.54, 1.807) is 24.3 Å². The van der Waals surface area contributed by atoms with Gasteiger partial charge in [0, 0.05) is 16.0 Å². The zero-order chi connectivity index (χ0) is 17.9. The molecule has 6 heteroatoms. The van der Waals surface area contributed by atoms with Gasteiger partial charge in [0.15, 0.2) is 5.78 Å². The van der Waals surface area contributed by atoms with Crippen LogP contribution >= 0.6 is 15.9 Å². The quantitative estimate of drug-likeness (QED) is 0.751. The Balaban J connectivity index is 2.09. The fourth-order valence-corrected chi connectivity index (χ4v) is 3.16. The number of hydrogen-bond acceptors (Lipinski definition) is 4. The number of ether oxygens (including phenoxy) is 1. The summed E-state index contributed by atoms with van der Waals surface area (Å²) in [5.74, 6) is -1.53. The van der Waals surface area contributed by atoms with Crippen molar-refractivity contribution in [2.24, 2.45) is 17.8 Å². The number of nitrogens with one attached hydrogen (secondary N) is 1. The van der Waals surface area contributed by atoms with Crippen LogP contribution in [0.3, 0.4) is 0 Å². The van der Waals surface area contributed by atoms with E-state index in [1.807, 2.05) is 13.8 Å². The molecule has 1 saturated carbocycles. The number of esters is 1. The molecule has 2 rings (SSSR count). The third-order valence-electron chi connectivity index (χ3n) is 4.51. The summed E-state index contributed by atoms with van der Waals surface area (Å²) >= 11 is 3.33. The summed E-state index contributed by atoms with van der Waals surface area (Å²) in [4.78, 5) is 36.9. The number of amides is 1. The molecule has 1 aliphatic carbocycles. The van der Waals surface area contributed by atoms with Crippen molar-refractivity contribution in [3.63, 3.8) is 0 Å². The van der Waals surface area contributed by atoms with E-state index in [0.717, 1.165) is 4.47 Å². The number of methoxy groups -OCH3 is 1.